The van der Waals surface area contributed by atoms with E-state index in [1.54, 1.807) is 45.0 Å². The van der Waals surface area contributed by atoms with Crippen LogP contribution in [0.25, 0.3) is 10.9 Å². The van der Waals surface area contributed by atoms with Crippen LogP contribution in [0.3, 0.4) is 0 Å². The Hall–Kier alpha value is -4.94. The van der Waals surface area contributed by atoms with Crippen molar-refractivity contribution < 1.29 is 36.7 Å². The van der Waals surface area contributed by atoms with Gasteiger partial charge in [0.15, 0.2) is 5.69 Å². The van der Waals surface area contributed by atoms with Gasteiger partial charge in [-0.1, -0.05) is 25.1 Å². The van der Waals surface area contributed by atoms with Gasteiger partial charge in [-0.05, 0) is 94.5 Å². The average molecular weight is 682 g/mol. The lowest BCUT2D eigenvalue weighted by molar-refractivity contribution is -0.154. The summed E-state index contributed by atoms with van der Waals surface area (Å²) >= 11 is 0. The number of alkyl halides is 3. The summed E-state index contributed by atoms with van der Waals surface area (Å²) in [5, 5.41) is 9.87. The largest absolute Gasteiger partial charge is 0.460 e. The number of carbonyl (C=O) groups is 3. The smallest absolute Gasteiger partial charge is 0.408 e. The lowest BCUT2D eigenvalue weighted by atomic mass is 9.98. The quantitative estimate of drug-likeness (QED) is 0.138. The SMILES string of the molecule is CC[C@H]1CCCCN1c1ccc(C(=O)Nc2ccc(F)cc2CC(=O)OC(C)(C)C)cc1NC(=O)c1nn(CC(F)(F)F)c2ccccc12. The molecule has 13 heteroatoms. The fraction of sp³-hybridized carbons (Fsp3) is 0.389. The van der Waals surface area contributed by atoms with Crippen LogP contribution < -0.4 is 15.5 Å². The maximum atomic E-state index is 14.2. The molecule has 2 amide bonds. The molecule has 9 nitrogen and oxygen atoms in total. The van der Waals surface area contributed by atoms with Gasteiger partial charge in [0.1, 0.15) is 18.0 Å². The highest BCUT2D eigenvalue weighted by molar-refractivity contribution is 6.13. The minimum absolute atomic E-state index is 0.143. The average Bonchev–Trinajstić information content (AvgIpc) is 3.38. The molecule has 1 aliphatic heterocycles. The molecule has 0 radical (unpaired) electrons. The van der Waals surface area contributed by atoms with Gasteiger partial charge in [0.25, 0.3) is 11.8 Å². The van der Waals surface area contributed by atoms with Crippen molar-refractivity contribution in [2.75, 3.05) is 22.1 Å². The molecule has 1 saturated heterocycles. The Labute approximate surface area is 281 Å². The number of anilines is 3. The molecule has 2 N–H and O–H groups in total. The fourth-order valence-corrected chi connectivity index (χ4v) is 6.10. The number of hydrogen-bond donors (Lipinski definition) is 2. The molecule has 0 spiro atoms. The van der Waals surface area contributed by atoms with Crippen molar-refractivity contribution in [1.29, 1.82) is 0 Å². The molecule has 4 aromatic rings. The van der Waals surface area contributed by atoms with E-state index in [0.717, 1.165) is 42.5 Å². The maximum Gasteiger partial charge on any atom is 0.408 e. The first-order chi connectivity index (χ1) is 23.1. The van der Waals surface area contributed by atoms with Crippen molar-refractivity contribution in [2.45, 2.75) is 84.2 Å². The molecule has 5 rings (SSSR count). The Morgan fingerprint density at radius 3 is 2.39 bits per heavy atom. The Morgan fingerprint density at radius 1 is 0.939 bits per heavy atom. The van der Waals surface area contributed by atoms with Crippen LogP contribution in [0.4, 0.5) is 34.6 Å². The second-order valence-corrected chi connectivity index (χ2v) is 13.1. The zero-order valence-corrected chi connectivity index (χ0v) is 27.8. The van der Waals surface area contributed by atoms with E-state index in [9.17, 15) is 31.9 Å². The zero-order chi connectivity index (χ0) is 35.5. The van der Waals surface area contributed by atoms with Gasteiger partial charge in [-0.25, -0.2) is 4.39 Å². The molecule has 2 heterocycles. The summed E-state index contributed by atoms with van der Waals surface area (Å²) in [4.78, 5) is 42.1. The predicted molar refractivity (Wildman–Crippen MR) is 179 cm³/mol. The second-order valence-electron chi connectivity index (χ2n) is 13.1. The topological polar surface area (TPSA) is 106 Å². The van der Waals surface area contributed by atoms with Gasteiger partial charge in [-0.15, -0.1) is 0 Å². The number of hydrogen-bond acceptors (Lipinski definition) is 6. The lowest BCUT2D eigenvalue weighted by Crippen LogP contribution is -2.39. The number of para-hydroxylation sites is 1. The Balaban J connectivity index is 1.49. The fourth-order valence-electron chi connectivity index (χ4n) is 6.10. The first kappa shape index (κ1) is 35.4. The van der Waals surface area contributed by atoms with E-state index in [1.807, 2.05) is 0 Å². The molecule has 1 aromatic heterocycles. The summed E-state index contributed by atoms with van der Waals surface area (Å²) in [6.07, 6.45) is -1.10. The van der Waals surface area contributed by atoms with Crippen LogP contribution in [0.5, 0.6) is 0 Å². The third-order valence-corrected chi connectivity index (χ3v) is 8.19. The van der Waals surface area contributed by atoms with E-state index in [1.165, 1.54) is 24.3 Å². The Kier molecular flexibility index (Phi) is 10.3. The summed E-state index contributed by atoms with van der Waals surface area (Å²) in [6.45, 7) is 6.54. The molecule has 1 aliphatic rings. The van der Waals surface area contributed by atoms with Crippen LogP contribution in [0.2, 0.25) is 0 Å². The van der Waals surface area contributed by atoms with Crippen molar-refractivity contribution in [3.8, 4) is 0 Å². The third kappa shape index (κ3) is 8.76. The molecule has 3 aromatic carbocycles. The number of rotatable bonds is 9. The number of ether oxygens (including phenoxy) is 1. The number of carbonyl (C=O) groups excluding carboxylic acids is 3. The number of halogens is 4. The number of aromatic nitrogens is 2. The Morgan fingerprint density at radius 2 is 1.67 bits per heavy atom. The van der Waals surface area contributed by atoms with E-state index >= 15 is 0 Å². The zero-order valence-electron chi connectivity index (χ0n) is 27.8. The lowest BCUT2D eigenvalue weighted by Gasteiger charge is -2.38. The summed E-state index contributed by atoms with van der Waals surface area (Å²) < 4.78 is 60.4. The predicted octanol–water partition coefficient (Wildman–Crippen LogP) is 7.90. The normalized spacial score (nSPS) is 15.3. The first-order valence-corrected chi connectivity index (χ1v) is 16.2. The van der Waals surface area contributed by atoms with Crippen LogP contribution in [0, 0.1) is 5.82 Å². The standard InChI is InChI=1S/C36H39F4N5O4/c1-5-25-10-8-9-17-44(25)30-16-13-22(33(47)41-27-15-14-24(37)18-23(27)20-31(46)49-35(2,3)4)19-28(30)42-34(48)32-26-11-6-7-12-29(26)45(43-32)21-36(38,39)40/h6-7,11-16,18-19,25H,5,8-10,17,20-21H2,1-4H3,(H,41,47)(H,42,48)/t25-/m0/s1. The maximum absolute atomic E-state index is 14.2. The van der Waals surface area contributed by atoms with Crippen LogP contribution >= 0.6 is 0 Å². The van der Waals surface area contributed by atoms with Gasteiger partial charge < -0.3 is 20.3 Å². The van der Waals surface area contributed by atoms with E-state index in [2.05, 4.69) is 27.6 Å². The van der Waals surface area contributed by atoms with E-state index in [0.29, 0.717) is 12.2 Å². The van der Waals surface area contributed by atoms with Gasteiger partial charge in [0, 0.05) is 29.2 Å². The molecule has 260 valence electrons. The van der Waals surface area contributed by atoms with Crippen molar-refractivity contribution >= 4 is 45.7 Å². The van der Waals surface area contributed by atoms with Crippen molar-refractivity contribution in [3.05, 3.63) is 83.3 Å². The molecule has 1 atom stereocenters. The van der Waals surface area contributed by atoms with Gasteiger partial charge in [0.2, 0.25) is 0 Å². The van der Waals surface area contributed by atoms with E-state index in [-0.39, 0.29) is 51.6 Å². The van der Waals surface area contributed by atoms with Crippen LogP contribution in [0.1, 0.15) is 79.8 Å². The van der Waals surface area contributed by atoms with E-state index < -0.39 is 41.9 Å². The van der Waals surface area contributed by atoms with Crippen molar-refractivity contribution in [2.24, 2.45) is 0 Å². The van der Waals surface area contributed by atoms with Crippen molar-refractivity contribution in [3.63, 3.8) is 0 Å². The summed E-state index contributed by atoms with van der Waals surface area (Å²) in [5.41, 5.74) is 0.701. The minimum Gasteiger partial charge on any atom is -0.460 e. The second kappa shape index (κ2) is 14.3. The first-order valence-electron chi connectivity index (χ1n) is 16.2. The number of nitrogens with one attached hydrogen (secondary N) is 2. The van der Waals surface area contributed by atoms with Crippen molar-refractivity contribution in [1.82, 2.24) is 9.78 Å². The van der Waals surface area contributed by atoms with Gasteiger partial charge in [0.05, 0.1) is 23.3 Å². The van der Waals surface area contributed by atoms with E-state index in [4.69, 9.17) is 4.74 Å². The molecular formula is C36H39F4N5O4. The van der Waals surface area contributed by atoms with Crippen LogP contribution in [-0.4, -0.2) is 51.9 Å². The minimum atomic E-state index is -4.56. The number of fused-ring (bicyclic) bond motifs is 1. The molecule has 0 bridgehead atoms. The summed E-state index contributed by atoms with van der Waals surface area (Å²) in [5.74, 6) is -2.52. The third-order valence-electron chi connectivity index (χ3n) is 8.19. The number of esters is 1. The molecule has 0 saturated carbocycles. The molecule has 1 fully saturated rings. The number of amides is 2. The van der Waals surface area contributed by atoms with Gasteiger partial charge >= 0.3 is 12.1 Å². The molecule has 0 unspecified atom stereocenters. The highest BCUT2D eigenvalue weighted by Gasteiger charge is 2.31. The highest BCUT2D eigenvalue weighted by atomic mass is 19.4. The number of benzene rings is 3. The summed E-state index contributed by atoms with van der Waals surface area (Å²) in [7, 11) is 0. The monoisotopic (exact) mass is 681 g/mol. The van der Waals surface area contributed by atoms with Crippen LogP contribution in [-0.2, 0) is 22.5 Å². The molecule has 49 heavy (non-hydrogen) atoms. The van der Waals surface area contributed by atoms with Crippen LogP contribution in [0.15, 0.2) is 60.7 Å². The highest BCUT2D eigenvalue weighted by Crippen LogP contribution is 2.35. The van der Waals surface area contributed by atoms with Gasteiger partial charge in [-0.3, -0.25) is 19.1 Å². The number of nitrogens with zero attached hydrogens (tertiary/aromatic N) is 3. The molecular weight excluding hydrogens is 642 g/mol. The molecule has 0 aliphatic carbocycles. The van der Waals surface area contributed by atoms with Gasteiger partial charge in [-0.2, -0.15) is 18.3 Å². The number of piperidine rings is 1. The Bertz CT molecular complexity index is 1860. The summed E-state index contributed by atoms with van der Waals surface area (Å²) in [6, 6.07) is 14.8.